The first-order chi connectivity index (χ1) is 12.2. The summed E-state index contributed by atoms with van der Waals surface area (Å²) in [6, 6.07) is 7.66. The van der Waals surface area contributed by atoms with Gasteiger partial charge in [-0.25, -0.2) is 0 Å². The van der Waals surface area contributed by atoms with Crippen LogP contribution in [0, 0.1) is 0 Å². The second-order valence-corrected chi connectivity index (χ2v) is 6.45. The first-order valence-corrected chi connectivity index (χ1v) is 8.59. The fraction of sp³-hybridized carbons (Fsp3) is 0.444. The number of hydrogen-bond acceptors (Lipinski definition) is 5. The maximum Gasteiger partial charge on any atom is 0.247 e. The number of aromatic nitrogens is 2. The van der Waals surface area contributed by atoms with E-state index in [0.717, 1.165) is 44.2 Å². The van der Waals surface area contributed by atoms with Gasteiger partial charge in [0.1, 0.15) is 6.04 Å². The maximum atomic E-state index is 12.6. The van der Waals surface area contributed by atoms with Gasteiger partial charge in [0, 0.05) is 45.1 Å². The highest BCUT2D eigenvalue weighted by Crippen LogP contribution is 2.32. The van der Waals surface area contributed by atoms with Gasteiger partial charge >= 0.3 is 0 Å². The van der Waals surface area contributed by atoms with Crippen molar-refractivity contribution in [3.8, 4) is 11.5 Å². The topological polar surface area (TPSA) is 59.8 Å². The predicted octanol–water partition coefficient (Wildman–Crippen LogP) is 1.52. The summed E-state index contributed by atoms with van der Waals surface area (Å²) in [5.74, 6) is 1.76. The average Bonchev–Trinajstić information content (AvgIpc) is 3.32. The molecule has 0 N–H and O–H groups in total. The third kappa shape index (κ3) is 3.32. The van der Waals surface area contributed by atoms with E-state index in [1.54, 1.807) is 10.9 Å². The minimum Gasteiger partial charge on any atom is -0.454 e. The zero-order valence-electron chi connectivity index (χ0n) is 14.3. The van der Waals surface area contributed by atoms with Crippen molar-refractivity contribution in [1.29, 1.82) is 0 Å². The Balaban J connectivity index is 1.31. The van der Waals surface area contributed by atoms with Gasteiger partial charge in [-0.05, 0) is 30.7 Å². The van der Waals surface area contributed by atoms with Gasteiger partial charge in [-0.15, -0.1) is 0 Å². The van der Waals surface area contributed by atoms with Crippen LogP contribution in [-0.2, 0) is 11.3 Å². The molecule has 0 saturated carbocycles. The molecule has 2 aromatic rings. The molecule has 1 aromatic heterocycles. The van der Waals surface area contributed by atoms with E-state index in [-0.39, 0.29) is 11.9 Å². The number of rotatable bonds is 4. The molecule has 132 valence electrons. The first kappa shape index (κ1) is 16.0. The Morgan fingerprint density at radius 1 is 1.20 bits per heavy atom. The van der Waals surface area contributed by atoms with E-state index < -0.39 is 0 Å². The lowest BCUT2D eigenvalue weighted by atomic mass is 10.1. The molecule has 25 heavy (non-hydrogen) atoms. The van der Waals surface area contributed by atoms with Crippen LogP contribution in [0.2, 0.25) is 0 Å². The van der Waals surface area contributed by atoms with E-state index in [1.165, 1.54) is 5.56 Å². The van der Waals surface area contributed by atoms with Crippen LogP contribution in [0.5, 0.6) is 11.5 Å². The van der Waals surface area contributed by atoms with E-state index >= 15 is 0 Å². The summed E-state index contributed by atoms with van der Waals surface area (Å²) in [6.07, 6.45) is 3.53. The molecule has 3 heterocycles. The summed E-state index contributed by atoms with van der Waals surface area (Å²) in [6.45, 7) is 6.28. The molecule has 0 unspecified atom stereocenters. The molecular formula is C18H22N4O3. The van der Waals surface area contributed by atoms with Gasteiger partial charge in [-0.1, -0.05) is 6.07 Å². The lowest BCUT2D eigenvalue weighted by Crippen LogP contribution is -2.49. The Labute approximate surface area is 146 Å². The third-order valence-corrected chi connectivity index (χ3v) is 4.81. The Hall–Kier alpha value is -2.54. The van der Waals surface area contributed by atoms with Crippen LogP contribution < -0.4 is 9.47 Å². The SMILES string of the molecule is C[C@H](C(=O)N1CCN(Cc2ccc3c(c2)OCO3)CC1)n1cccn1. The Morgan fingerprint density at radius 2 is 2.00 bits per heavy atom. The molecule has 7 nitrogen and oxygen atoms in total. The molecule has 1 atom stereocenters. The molecule has 2 aliphatic rings. The van der Waals surface area contributed by atoms with Crippen LogP contribution >= 0.6 is 0 Å². The van der Waals surface area contributed by atoms with Gasteiger partial charge in [0.25, 0.3) is 0 Å². The number of ether oxygens (including phenoxy) is 2. The van der Waals surface area contributed by atoms with Crippen molar-refractivity contribution in [1.82, 2.24) is 19.6 Å². The number of nitrogens with zero attached hydrogens (tertiary/aromatic N) is 4. The maximum absolute atomic E-state index is 12.6. The van der Waals surface area contributed by atoms with Crippen molar-refractivity contribution in [3.63, 3.8) is 0 Å². The zero-order chi connectivity index (χ0) is 17.2. The van der Waals surface area contributed by atoms with Crippen molar-refractivity contribution in [2.75, 3.05) is 33.0 Å². The van der Waals surface area contributed by atoms with Gasteiger partial charge in [0.15, 0.2) is 11.5 Å². The third-order valence-electron chi connectivity index (χ3n) is 4.81. The number of benzene rings is 1. The molecule has 1 aromatic carbocycles. The summed E-state index contributed by atoms with van der Waals surface area (Å²) in [5, 5.41) is 4.17. The summed E-state index contributed by atoms with van der Waals surface area (Å²) in [7, 11) is 0. The predicted molar refractivity (Wildman–Crippen MR) is 91.4 cm³/mol. The highest BCUT2D eigenvalue weighted by molar-refractivity contribution is 5.80. The second kappa shape index (κ2) is 6.76. The quantitative estimate of drug-likeness (QED) is 0.843. The Bertz CT molecular complexity index is 739. The van der Waals surface area contributed by atoms with Crippen molar-refractivity contribution in [2.24, 2.45) is 0 Å². The summed E-state index contributed by atoms with van der Waals surface area (Å²) >= 11 is 0. The molecule has 0 aliphatic carbocycles. The minimum atomic E-state index is -0.254. The zero-order valence-corrected chi connectivity index (χ0v) is 14.3. The molecule has 1 saturated heterocycles. The monoisotopic (exact) mass is 342 g/mol. The van der Waals surface area contributed by atoms with Crippen molar-refractivity contribution in [3.05, 3.63) is 42.2 Å². The molecule has 2 aliphatic heterocycles. The fourth-order valence-corrected chi connectivity index (χ4v) is 3.31. The summed E-state index contributed by atoms with van der Waals surface area (Å²) in [5.41, 5.74) is 1.20. The van der Waals surface area contributed by atoms with Crippen LogP contribution in [0.15, 0.2) is 36.7 Å². The van der Waals surface area contributed by atoms with Crippen molar-refractivity contribution >= 4 is 5.91 Å². The lowest BCUT2D eigenvalue weighted by molar-refractivity contribution is -0.136. The van der Waals surface area contributed by atoms with Crippen LogP contribution in [0.25, 0.3) is 0 Å². The number of piperazine rings is 1. The highest BCUT2D eigenvalue weighted by Gasteiger charge is 2.26. The number of hydrogen-bond donors (Lipinski definition) is 0. The number of carbonyl (C=O) groups excluding carboxylic acids is 1. The number of fused-ring (bicyclic) bond motifs is 1. The smallest absolute Gasteiger partial charge is 0.247 e. The minimum absolute atomic E-state index is 0.131. The lowest BCUT2D eigenvalue weighted by Gasteiger charge is -2.36. The highest BCUT2D eigenvalue weighted by atomic mass is 16.7. The van der Waals surface area contributed by atoms with Gasteiger partial charge in [-0.2, -0.15) is 5.10 Å². The molecule has 7 heteroatoms. The Morgan fingerprint density at radius 3 is 2.76 bits per heavy atom. The summed E-state index contributed by atoms with van der Waals surface area (Å²) < 4.78 is 12.5. The molecule has 0 bridgehead atoms. The van der Waals surface area contributed by atoms with E-state index in [1.807, 2.05) is 36.2 Å². The number of amides is 1. The van der Waals surface area contributed by atoms with Gasteiger partial charge in [0.05, 0.1) is 0 Å². The number of carbonyl (C=O) groups is 1. The van der Waals surface area contributed by atoms with Crippen LogP contribution in [0.3, 0.4) is 0 Å². The standard InChI is InChI=1S/C18H22N4O3/c1-14(22-6-2-5-19-22)18(23)21-9-7-20(8-10-21)12-15-3-4-16-17(11-15)25-13-24-16/h2-6,11,14H,7-10,12-13H2,1H3/t14-/m1/s1. The largest absolute Gasteiger partial charge is 0.454 e. The van der Waals surface area contributed by atoms with Gasteiger partial charge < -0.3 is 14.4 Å². The fourth-order valence-electron chi connectivity index (χ4n) is 3.31. The first-order valence-electron chi connectivity index (χ1n) is 8.59. The molecular weight excluding hydrogens is 320 g/mol. The normalized spacial score (nSPS) is 18.4. The van der Waals surface area contributed by atoms with E-state index in [9.17, 15) is 4.79 Å². The molecule has 0 radical (unpaired) electrons. The van der Waals surface area contributed by atoms with Crippen LogP contribution in [-0.4, -0.2) is 58.5 Å². The second-order valence-electron chi connectivity index (χ2n) is 6.45. The molecule has 0 spiro atoms. The van der Waals surface area contributed by atoms with E-state index in [2.05, 4.69) is 16.1 Å². The van der Waals surface area contributed by atoms with Crippen LogP contribution in [0.4, 0.5) is 0 Å². The average molecular weight is 342 g/mol. The molecule has 1 fully saturated rings. The molecule has 4 rings (SSSR count). The Kier molecular flexibility index (Phi) is 4.31. The van der Waals surface area contributed by atoms with Crippen molar-refractivity contribution in [2.45, 2.75) is 19.5 Å². The van der Waals surface area contributed by atoms with E-state index in [0.29, 0.717) is 6.79 Å². The summed E-state index contributed by atoms with van der Waals surface area (Å²) in [4.78, 5) is 16.9. The molecule has 1 amide bonds. The van der Waals surface area contributed by atoms with Gasteiger partial charge in [-0.3, -0.25) is 14.4 Å². The van der Waals surface area contributed by atoms with E-state index in [4.69, 9.17) is 9.47 Å². The van der Waals surface area contributed by atoms with Crippen molar-refractivity contribution < 1.29 is 14.3 Å². The van der Waals surface area contributed by atoms with Crippen LogP contribution in [0.1, 0.15) is 18.5 Å². The van der Waals surface area contributed by atoms with Gasteiger partial charge in [0.2, 0.25) is 12.7 Å².